The smallest absolute Gasteiger partial charge is 0.186 e. The van der Waals surface area contributed by atoms with Crippen LogP contribution in [0.1, 0.15) is 22.2 Å². The lowest BCUT2D eigenvalue weighted by Gasteiger charge is -2.11. The molecule has 5 heteroatoms. The Bertz CT molecular complexity index is 1190. The van der Waals surface area contributed by atoms with Crippen molar-refractivity contribution in [1.29, 1.82) is 0 Å². The van der Waals surface area contributed by atoms with Crippen LogP contribution in [0.4, 0.5) is 0 Å². The first-order chi connectivity index (χ1) is 13.3. The fourth-order valence-electron chi connectivity index (χ4n) is 3.18. The minimum absolute atomic E-state index is 0.326. The molecule has 2 unspecified atom stereocenters. The molecule has 1 aliphatic rings. The second kappa shape index (κ2) is 6.60. The predicted molar refractivity (Wildman–Crippen MR) is 105 cm³/mol. The Morgan fingerprint density at radius 1 is 1.04 bits per heavy atom. The number of aliphatic hydroxyl groups is 1. The molecular weight excluding hydrogens is 356 g/mol. The summed E-state index contributed by atoms with van der Waals surface area (Å²) in [5, 5.41) is 13.5. The summed E-state index contributed by atoms with van der Waals surface area (Å²) in [6.45, 7) is 0. The molecule has 4 nitrogen and oxygen atoms in total. The summed E-state index contributed by atoms with van der Waals surface area (Å²) in [6.07, 6.45) is 2.51. The Morgan fingerprint density at radius 3 is 2.74 bits per heavy atom. The summed E-state index contributed by atoms with van der Waals surface area (Å²) in [7, 11) is 0. The van der Waals surface area contributed by atoms with E-state index >= 15 is 0 Å². The van der Waals surface area contributed by atoms with E-state index in [-0.39, 0.29) is 6.10 Å². The number of fused-ring (bicyclic) bond motifs is 1. The van der Waals surface area contributed by atoms with Crippen LogP contribution in [0.2, 0.25) is 0 Å². The van der Waals surface area contributed by atoms with Gasteiger partial charge >= 0.3 is 0 Å². The van der Waals surface area contributed by atoms with Gasteiger partial charge in [0.1, 0.15) is 6.10 Å². The van der Waals surface area contributed by atoms with Crippen LogP contribution in [0, 0.1) is 11.8 Å². The standard InChI is InChI=1S/C22H14N2O2S/c25-22-21(26-22)17-6-3-5-14(8-9-19-23-10-11-27-19)20(17)16-12-15-4-1-2-7-18(15)24-13-16/h1-7,10-13,21-22,25H. The van der Waals surface area contributed by atoms with Crippen molar-refractivity contribution in [1.82, 2.24) is 9.97 Å². The Morgan fingerprint density at radius 2 is 1.93 bits per heavy atom. The number of pyridine rings is 1. The van der Waals surface area contributed by atoms with Crippen LogP contribution in [-0.4, -0.2) is 21.4 Å². The number of aromatic nitrogens is 2. The molecule has 1 fully saturated rings. The number of para-hydroxylation sites is 1. The number of rotatable bonds is 2. The largest absolute Gasteiger partial charge is 0.366 e. The molecule has 0 amide bonds. The number of thiazole rings is 1. The average Bonchev–Trinajstić information content (AvgIpc) is 3.21. The van der Waals surface area contributed by atoms with Crippen molar-refractivity contribution < 1.29 is 9.84 Å². The molecule has 2 aromatic heterocycles. The Hall–Kier alpha value is -3.04. The molecule has 5 rings (SSSR count). The third-order valence-electron chi connectivity index (χ3n) is 4.49. The fraction of sp³-hybridized carbons (Fsp3) is 0.0909. The normalized spacial score (nSPS) is 18.1. The van der Waals surface area contributed by atoms with E-state index in [4.69, 9.17) is 4.74 Å². The van der Waals surface area contributed by atoms with Crippen molar-refractivity contribution in [2.24, 2.45) is 0 Å². The SMILES string of the molecule is OC1OC1c1cccc(C#Cc2nccs2)c1-c1cnc2ccccc2c1. The summed E-state index contributed by atoms with van der Waals surface area (Å²) in [5.74, 6) is 6.35. The molecule has 1 N–H and O–H groups in total. The van der Waals surface area contributed by atoms with Gasteiger partial charge in [0.2, 0.25) is 0 Å². The lowest BCUT2D eigenvalue weighted by Crippen LogP contribution is -1.96. The van der Waals surface area contributed by atoms with Crippen molar-refractivity contribution >= 4 is 22.2 Å². The Kier molecular flexibility index (Phi) is 3.95. The fourth-order valence-corrected chi connectivity index (χ4v) is 3.66. The van der Waals surface area contributed by atoms with Gasteiger partial charge in [-0.3, -0.25) is 4.98 Å². The highest BCUT2D eigenvalue weighted by molar-refractivity contribution is 7.10. The minimum Gasteiger partial charge on any atom is -0.366 e. The van der Waals surface area contributed by atoms with Gasteiger partial charge in [-0.15, -0.1) is 11.3 Å². The zero-order valence-corrected chi connectivity index (χ0v) is 15.0. The van der Waals surface area contributed by atoms with Crippen LogP contribution in [0.15, 0.2) is 66.3 Å². The van der Waals surface area contributed by atoms with Crippen molar-refractivity contribution in [3.05, 3.63) is 82.4 Å². The van der Waals surface area contributed by atoms with Gasteiger partial charge in [0, 0.05) is 39.9 Å². The van der Waals surface area contributed by atoms with Crippen LogP contribution in [0.25, 0.3) is 22.0 Å². The molecule has 4 aromatic rings. The minimum atomic E-state index is -0.765. The van der Waals surface area contributed by atoms with Gasteiger partial charge < -0.3 is 9.84 Å². The number of ether oxygens (including phenoxy) is 1. The third-order valence-corrected chi connectivity index (χ3v) is 5.18. The maximum absolute atomic E-state index is 9.81. The Labute approximate surface area is 160 Å². The van der Waals surface area contributed by atoms with Gasteiger partial charge in [-0.05, 0) is 29.7 Å². The molecule has 0 spiro atoms. The van der Waals surface area contributed by atoms with Gasteiger partial charge in [-0.1, -0.05) is 36.3 Å². The van der Waals surface area contributed by atoms with E-state index in [9.17, 15) is 5.11 Å². The summed E-state index contributed by atoms with van der Waals surface area (Å²) in [5.41, 5.74) is 4.63. The number of hydrogen-bond acceptors (Lipinski definition) is 5. The summed E-state index contributed by atoms with van der Waals surface area (Å²) < 4.78 is 5.33. The highest BCUT2D eigenvalue weighted by Gasteiger charge is 2.40. The summed E-state index contributed by atoms with van der Waals surface area (Å²) >= 11 is 1.51. The van der Waals surface area contributed by atoms with E-state index < -0.39 is 6.29 Å². The molecule has 27 heavy (non-hydrogen) atoms. The van der Waals surface area contributed by atoms with Gasteiger partial charge in [0.25, 0.3) is 0 Å². The maximum Gasteiger partial charge on any atom is 0.186 e. The van der Waals surface area contributed by atoms with Crippen LogP contribution in [-0.2, 0) is 4.74 Å². The number of hydrogen-bond donors (Lipinski definition) is 1. The highest BCUT2D eigenvalue weighted by Crippen LogP contribution is 2.43. The number of epoxide rings is 1. The molecular formula is C22H14N2O2S. The van der Waals surface area contributed by atoms with E-state index in [0.717, 1.165) is 38.2 Å². The van der Waals surface area contributed by atoms with Crippen molar-refractivity contribution in [2.45, 2.75) is 12.4 Å². The molecule has 0 saturated carbocycles. The highest BCUT2D eigenvalue weighted by atomic mass is 32.1. The lowest BCUT2D eigenvalue weighted by atomic mass is 9.93. The van der Waals surface area contributed by atoms with E-state index in [1.807, 2.05) is 54.0 Å². The van der Waals surface area contributed by atoms with Crippen LogP contribution < -0.4 is 0 Å². The molecule has 1 aliphatic heterocycles. The van der Waals surface area contributed by atoms with Gasteiger partial charge in [0.05, 0.1) is 5.52 Å². The van der Waals surface area contributed by atoms with E-state index in [1.165, 1.54) is 11.3 Å². The third kappa shape index (κ3) is 3.11. The zero-order valence-electron chi connectivity index (χ0n) is 14.2. The Balaban J connectivity index is 1.70. The molecule has 0 bridgehead atoms. The lowest BCUT2D eigenvalue weighted by molar-refractivity contribution is 0.156. The van der Waals surface area contributed by atoms with Crippen LogP contribution >= 0.6 is 11.3 Å². The van der Waals surface area contributed by atoms with Gasteiger partial charge in [0.15, 0.2) is 11.3 Å². The number of benzene rings is 2. The van der Waals surface area contributed by atoms with Crippen LogP contribution in [0.5, 0.6) is 0 Å². The van der Waals surface area contributed by atoms with Crippen molar-refractivity contribution in [2.75, 3.05) is 0 Å². The zero-order chi connectivity index (χ0) is 18.2. The molecule has 130 valence electrons. The predicted octanol–water partition coefficient (Wildman–Crippen LogP) is 4.15. The maximum atomic E-state index is 9.81. The second-order valence-electron chi connectivity index (χ2n) is 6.22. The van der Waals surface area contributed by atoms with E-state index in [0.29, 0.717) is 0 Å². The molecule has 1 saturated heterocycles. The monoisotopic (exact) mass is 370 g/mol. The van der Waals surface area contributed by atoms with Gasteiger partial charge in [-0.2, -0.15) is 0 Å². The topological polar surface area (TPSA) is 58.5 Å². The first-order valence-electron chi connectivity index (χ1n) is 8.53. The first kappa shape index (κ1) is 16.2. The van der Waals surface area contributed by atoms with Crippen LogP contribution in [0.3, 0.4) is 0 Å². The number of nitrogens with zero attached hydrogens (tertiary/aromatic N) is 2. The summed E-state index contributed by atoms with van der Waals surface area (Å²) in [4.78, 5) is 8.81. The molecule has 2 aromatic carbocycles. The van der Waals surface area contributed by atoms with E-state index in [2.05, 4.69) is 27.9 Å². The quantitative estimate of drug-likeness (QED) is 0.425. The first-order valence-corrected chi connectivity index (χ1v) is 9.41. The number of aliphatic hydroxyl groups excluding tert-OH is 1. The van der Waals surface area contributed by atoms with E-state index in [1.54, 1.807) is 6.20 Å². The molecule has 0 aliphatic carbocycles. The van der Waals surface area contributed by atoms with Crippen molar-refractivity contribution in [3.63, 3.8) is 0 Å². The molecule has 2 atom stereocenters. The van der Waals surface area contributed by atoms with Crippen molar-refractivity contribution in [3.8, 4) is 23.0 Å². The average molecular weight is 370 g/mol. The van der Waals surface area contributed by atoms with Gasteiger partial charge in [-0.25, -0.2) is 4.98 Å². The molecule has 3 heterocycles. The molecule has 0 radical (unpaired) electrons. The second-order valence-corrected chi connectivity index (χ2v) is 7.12. The summed E-state index contributed by atoms with van der Waals surface area (Å²) in [6, 6.07) is 16.0.